The number of carbonyl (C=O) groups is 1. The van der Waals surface area contributed by atoms with E-state index in [1.807, 2.05) is 0 Å². The van der Waals surface area contributed by atoms with Gasteiger partial charge in [-0.1, -0.05) is 12.1 Å². The molecule has 0 aliphatic carbocycles. The SMILES string of the molecule is COC(=O)c1c(C(F)(F)F)nn2c1N(Cc1ccc(F)cc1)CC2. The molecule has 5 nitrogen and oxygen atoms in total. The van der Waals surface area contributed by atoms with Gasteiger partial charge in [0.25, 0.3) is 0 Å². The van der Waals surface area contributed by atoms with Crippen LogP contribution in [0.25, 0.3) is 0 Å². The minimum Gasteiger partial charge on any atom is -0.465 e. The molecule has 0 fully saturated rings. The van der Waals surface area contributed by atoms with E-state index in [-0.39, 0.29) is 18.9 Å². The van der Waals surface area contributed by atoms with Crippen molar-refractivity contribution in [3.05, 3.63) is 46.9 Å². The molecule has 0 amide bonds. The van der Waals surface area contributed by atoms with Crippen LogP contribution in [0.4, 0.5) is 23.4 Å². The standard InChI is InChI=1S/C15H13F4N3O2/c1-24-14(23)11-12(15(17,18)19)20-22-7-6-21(13(11)22)8-9-2-4-10(16)5-3-9/h2-5H,6-8H2,1H3. The van der Waals surface area contributed by atoms with Gasteiger partial charge in [-0.05, 0) is 17.7 Å². The Bertz CT molecular complexity index is 768. The van der Waals surface area contributed by atoms with Crippen LogP contribution in [0.15, 0.2) is 24.3 Å². The second kappa shape index (κ2) is 5.81. The van der Waals surface area contributed by atoms with Gasteiger partial charge in [0.2, 0.25) is 0 Å². The molecule has 0 saturated carbocycles. The zero-order valence-corrected chi connectivity index (χ0v) is 12.6. The number of ether oxygens (including phenoxy) is 1. The van der Waals surface area contributed by atoms with Crippen LogP contribution in [0.3, 0.4) is 0 Å². The molecular weight excluding hydrogens is 330 g/mol. The third kappa shape index (κ3) is 2.81. The van der Waals surface area contributed by atoms with Crippen molar-refractivity contribution >= 4 is 11.8 Å². The van der Waals surface area contributed by atoms with Crippen LogP contribution in [0, 0.1) is 5.82 Å². The molecule has 1 aliphatic rings. The summed E-state index contributed by atoms with van der Waals surface area (Å²) in [5, 5.41) is 3.53. The first kappa shape index (κ1) is 16.3. The van der Waals surface area contributed by atoms with Gasteiger partial charge >= 0.3 is 12.1 Å². The van der Waals surface area contributed by atoms with Gasteiger partial charge in [0.1, 0.15) is 17.2 Å². The molecule has 128 valence electrons. The van der Waals surface area contributed by atoms with Crippen LogP contribution in [0.2, 0.25) is 0 Å². The van der Waals surface area contributed by atoms with Crippen molar-refractivity contribution in [3.8, 4) is 0 Å². The van der Waals surface area contributed by atoms with Gasteiger partial charge in [-0.15, -0.1) is 0 Å². The summed E-state index contributed by atoms with van der Waals surface area (Å²) >= 11 is 0. The number of rotatable bonds is 3. The maximum Gasteiger partial charge on any atom is 0.436 e. The predicted molar refractivity (Wildman–Crippen MR) is 76.0 cm³/mol. The van der Waals surface area contributed by atoms with E-state index in [1.54, 1.807) is 4.90 Å². The number of hydrogen-bond donors (Lipinski definition) is 0. The van der Waals surface area contributed by atoms with Crippen LogP contribution in [0.5, 0.6) is 0 Å². The Morgan fingerprint density at radius 3 is 2.50 bits per heavy atom. The molecule has 1 aromatic heterocycles. The van der Waals surface area contributed by atoms with Crippen molar-refractivity contribution in [2.75, 3.05) is 18.6 Å². The smallest absolute Gasteiger partial charge is 0.436 e. The second-order valence-electron chi connectivity index (χ2n) is 5.31. The lowest BCUT2D eigenvalue weighted by Gasteiger charge is -2.19. The Labute approximate surface area is 134 Å². The van der Waals surface area contributed by atoms with Gasteiger partial charge in [0.15, 0.2) is 5.69 Å². The van der Waals surface area contributed by atoms with E-state index in [4.69, 9.17) is 0 Å². The number of esters is 1. The van der Waals surface area contributed by atoms with Gasteiger partial charge in [-0.3, -0.25) is 0 Å². The van der Waals surface area contributed by atoms with E-state index in [0.717, 1.165) is 11.8 Å². The number of nitrogens with zero attached hydrogens (tertiary/aromatic N) is 3. The molecule has 1 aromatic carbocycles. The highest BCUT2D eigenvalue weighted by Gasteiger charge is 2.44. The number of aromatic nitrogens is 2. The number of carbonyl (C=O) groups excluding carboxylic acids is 1. The highest BCUT2D eigenvalue weighted by atomic mass is 19.4. The molecule has 2 heterocycles. The summed E-state index contributed by atoms with van der Waals surface area (Å²) in [6, 6.07) is 5.61. The summed E-state index contributed by atoms with van der Waals surface area (Å²) in [5.41, 5.74) is -1.15. The maximum atomic E-state index is 13.2. The maximum absolute atomic E-state index is 13.2. The quantitative estimate of drug-likeness (QED) is 0.635. The first-order valence-electron chi connectivity index (χ1n) is 7.07. The third-order valence-corrected chi connectivity index (χ3v) is 3.75. The minimum absolute atomic E-state index is 0.0681. The van der Waals surface area contributed by atoms with Crippen LogP contribution >= 0.6 is 0 Å². The Balaban J connectivity index is 2.01. The van der Waals surface area contributed by atoms with Crippen LogP contribution in [-0.2, 0) is 24.0 Å². The largest absolute Gasteiger partial charge is 0.465 e. The Morgan fingerprint density at radius 1 is 1.25 bits per heavy atom. The molecule has 0 spiro atoms. The summed E-state index contributed by atoms with van der Waals surface area (Å²) in [7, 11) is 1.02. The molecule has 0 unspecified atom stereocenters. The number of hydrogen-bond acceptors (Lipinski definition) is 4. The summed E-state index contributed by atoms with van der Waals surface area (Å²) in [5.74, 6) is -1.42. The van der Waals surface area contributed by atoms with E-state index in [0.29, 0.717) is 12.1 Å². The fourth-order valence-corrected chi connectivity index (χ4v) is 2.70. The highest BCUT2D eigenvalue weighted by Crippen LogP contribution is 2.38. The zero-order chi connectivity index (χ0) is 17.5. The van der Waals surface area contributed by atoms with Gasteiger partial charge in [-0.2, -0.15) is 18.3 Å². The van der Waals surface area contributed by atoms with Gasteiger partial charge < -0.3 is 9.64 Å². The van der Waals surface area contributed by atoms with Crippen molar-refractivity contribution in [2.24, 2.45) is 0 Å². The lowest BCUT2D eigenvalue weighted by atomic mass is 10.2. The fourth-order valence-electron chi connectivity index (χ4n) is 2.70. The highest BCUT2D eigenvalue weighted by molar-refractivity contribution is 5.96. The van der Waals surface area contributed by atoms with Crippen molar-refractivity contribution in [3.63, 3.8) is 0 Å². The van der Waals surface area contributed by atoms with Crippen LogP contribution < -0.4 is 4.90 Å². The van der Waals surface area contributed by atoms with Crippen molar-refractivity contribution in [1.29, 1.82) is 0 Å². The van der Waals surface area contributed by atoms with Gasteiger partial charge in [0, 0.05) is 13.1 Å². The minimum atomic E-state index is -4.76. The molecule has 0 radical (unpaired) electrons. The lowest BCUT2D eigenvalue weighted by Crippen LogP contribution is -2.23. The van der Waals surface area contributed by atoms with E-state index < -0.39 is 29.2 Å². The van der Waals surface area contributed by atoms with E-state index in [9.17, 15) is 22.4 Å². The molecule has 2 aromatic rings. The monoisotopic (exact) mass is 343 g/mol. The first-order chi connectivity index (χ1) is 11.3. The number of alkyl halides is 3. The Morgan fingerprint density at radius 2 is 1.92 bits per heavy atom. The predicted octanol–water partition coefficient (Wildman–Crippen LogP) is 2.85. The topological polar surface area (TPSA) is 47.4 Å². The fraction of sp³-hybridized carbons (Fsp3) is 0.333. The number of methoxy groups -OCH3 is 1. The van der Waals surface area contributed by atoms with Gasteiger partial charge in [-0.25, -0.2) is 13.9 Å². The van der Waals surface area contributed by atoms with E-state index >= 15 is 0 Å². The Kier molecular flexibility index (Phi) is 3.94. The van der Waals surface area contributed by atoms with E-state index in [1.165, 1.54) is 24.3 Å². The van der Waals surface area contributed by atoms with Crippen LogP contribution in [0.1, 0.15) is 21.6 Å². The number of anilines is 1. The molecule has 0 N–H and O–H groups in total. The Hall–Kier alpha value is -2.58. The normalized spacial score (nSPS) is 14.0. The average Bonchev–Trinajstić information content (AvgIpc) is 3.08. The molecule has 0 bridgehead atoms. The molecule has 3 rings (SSSR count). The third-order valence-electron chi connectivity index (χ3n) is 3.75. The molecule has 9 heteroatoms. The molecular formula is C15H13F4N3O2. The summed E-state index contributed by atoms with van der Waals surface area (Å²) < 4.78 is 58.1. The number of halogens is 4. The van der Waals surface area contributed by atoms with Crippen molar-refractivity contribution < 1.29 is 27.1 Å². The van der Waals surface area contributed by atoms with E-state index in [2.05, 4.69) is 9.84 Å². The van der Waals surface area contributed by atoms with Gasteiger partial charge in [0.05, 0.1) is 13.7 Å². The van der Waals surface area contributed by atoms with Crippen molar-refractivity contribution in [1.82, 2.24) is 9.78 Å². The average molecular weight is 343 g/mol. The first-order valence-corrected chi connectivity index (χ1v) is 7.07. The summed E-state index contributed by atoms with van der Waals surface area (Å²) in [6.07, 6.45) is -4.76. The number of benzene rings is 1. The van der Waals surface area contributed by atoms with Crippen LogP contribution in [-0.4, -0.2) is 29.4 Å². The van der Waals surface area contributed by atoms with Crippen molar-refractivity contribution in [2.45, 2.75) is 19.3 Å². The molecule has 0 atom stereocenters. The molecule has 0 saturated heterocycles. The lowest BCUT2D eigenvalue weighted by molar-refractivity contribution is -0.142. The summed E-state index contributed by atoms with van der Waals surface area (Å²) in [4.78, 5) is 13.5. The molecule has 1 aliphatic heterocycles. The zero-order valence-electron chi connectivity index (χ0n) is 12.6. The second-order valence-corrected chi connectivity index (χ2v) is 5.31. The molecule has 24 heavy (non-hydrogen) atoms. The number of fused-ring (bicyclic) bond motifs is 1. The summed E-state index contributed by atoms with van der Waals surface area (Å²) in [6.45, 7) is 0.839.